The van der Waals surface area contributed by atoms with Crippen molar-refractivity contribution in [2.45, 2.75) is 63.6 Å². The number of anilines is 3. The molecule has 9 rings (SSSR count). The number of H-pyrrole nitrogens is 1. The number of benzene rings is 4. The van der Waals surface area contributed by atoms with Crippen LogP contribution in [0.3, 0.4) is 0 Å². The number of ether oxygens (including phenoxy) is 1. The molecular formula is C48H46F2IN7O5S. The predicted molar refractivity (Wildman–Crippen MR) is 252 cm³/mol. The van der Waals surface area contributed by atoms with Crippen molar-refractivity contribution in [1.29, 1.82) is 0 Å². The minimum Gasteiger partial charge on any atom is -0.381 e. The van der Waals surface area contributed by atoms with E-state index in [-0.39, 0.29) is 29.7 Å². The number of carbonyl (C=O) groups excluding carboxylic acids is 3. The van der Waals surface area contributed by atoms with Crippen molar-refractivity contribution < 1.29 is 32.1 Å². The smallest absolute Gasteiger partial charge is 0.258 e. The average molecular weight is 998 g/mol. The molecular weight excluding hydrogens is 952 g/mol. The van der Waals surface area contributed by atoms with Gasteiger partial charge in [0.15, 0.2) is 5.82 Å². The quantitative estimate of drug-likeness (QED) is 0.0443. The number of hydrogen-bond acceptors (Lipinski definition) is 9. The number of amides is 3. The maximum Gasteiger partial charge on any atom is 0.258 e. The van der Waals surface area contributed by atoms with Crippen molar-refractivity contribution in [1.82, 2.24) is 20.4 Å². The number of aromatic nitrogens is 2. The molecule has 5 aromatic rings. The molecule has 4 aliphatic rings. The lowest BCUT2D eigenvalue weighted by Gasteiger charge is -2.35. The zero-order valence-corrected chi connectivity index (χ0v) is 37.8. The van der Waals surface area contributed by atoms with Gasteiger partial charge in [0.2, 0.25) is 5.91 Å². The fraction of sp³-hybridized carbons (Fsp3) is 0.333. The van der Waals surface area contributed by atoms with Crippen molar-refractivity contribution in [2.75, 3.05) is 48.4 Å². The first-order chi connectivity index (χ1) is 31.2. The average Bonchev–Trinajstić information content (AvgIpc) is 3.84. The summed E-state index contributed by atoms with van der Waals surface area (Å²) >= 11 is 2.05. The zero-order chi connectivity index (χ0) is 44.2. The van der Waals surface area contributed by atoms with Gasteiger partial charge in [-0.2, -0.15) is 5.10 Å². The molecule has 0 spiro atoms. The van der Waals surface area contributed by atoms with E-state index in [1.54, 1.807) is 11.0 Å². The second-order valence-electron chi connectivity index (χ2n) is 16.6. The Hall–Kier alpha value is -5.48. The van der Waals surface area contributed by atoms with Crippen LogP contribution < -0.4 is 20.9 Å². The van der Waals surface area contributed by atoms with Crippen LogP contribution in [0.15, 0.2) is 84.6 Å². The molecule has 4 aromatic carbocycles. The van der Waals surface area contributed by atoms with Crippen LogP contribution in [0.5, 0.6) is 0 Å². The third kappa shape index (κ3) is 10.1. The van der Waals surface area contributed by atoms with Crippen LogP contribution in [0.4, 0.5) is 26.0 Å². The highest BCUT2D eigenvalue weighted by atomic mass is 127. The SMILES string of the molecule is O=C(Nc1n[nH]c2ccc(Cc3cc(F)cc(F)c3)cc12)c1ccc(N2CCC(C=C3CCC(N4Cc5cc(C#CCOSI)ccc5C4=O)C(=O)N3)CC2)cc1NC1CCOCC1. The van der Waals surface area contributed by atoms with E-state index >= 15 is 0 Å². The van der Waals surface area contributed by atoms with E-state index in [1.807, 2.05) is 63.7 Å². The molecule has 12 nitrogen and oxygen atoms in total. The Bertz CT molecular complexity index is 2670. The minimum atomic E-state index is -0.632. The number of aromatic amines is 1. The standard InChI is InChI=1S/C48H46F2IN7O5S/c49-34-22-32(23-35(50)26-34)20-31-4-9-42-41(25-31)45(56-55-42)54-46(59)40-8-6-38(27-43(40)52-36-13-18-62-19-14-36)57-15-11-30(12-16-57)24-37-5-10-44(47(60)53-37)58-28-33-21-29(2-1-17-63-64-51)3-7-39(33)48(58)61/h3-4,6-9,21-27,30,36,44,52H,5,10-20,28H2,(H,53,60)(H2,54,55,56,59). The normalized spacial score (nSPS) is 18.8. The fourth-order valence-corrected chi connectivity index (χ4v) is 9.60. The molecule has 0 radical (unpaired) electrons. The number of nitrogens with zero attached hydrogens (tertiary/aromatic N) is 3. The van der Waals surface area contributed by atoms with E-state index in [9.17, 15) is 23.2 Å². The predicted octanol–water partition coefficient (Wildman–Crippen LogP) is 8.68. The Kier molecular flexibility index (Phi) is 13.5. The molecule has 3 saturated heterocycles. The molecule has 64 heavy (non-hydrogen) atoms. The van der Waals surface area contributed by atoms with Crippen LogP contribution in [0.1, 0.15) is 81.5 Å². The molecule has 4 N–H and O–H groups in total. The van der Waals surface area contributed by atoms with Crippen molar-refractivity contribution in [3.05, 3.63) is 130 Å². The number of hydrogen-bond donors (Lipinski definition) is 4. The molecule has 3 fully saturated rings. The third-order valence-electron chi connectivity index (χ3n) is 12.4. The largest absolute Gasteiger partial charge is 0.381 e. The minimum absolute atomic E-state index is 0.126. The van der Waals surface area contributed by atoms with Crippen molar-refractivity contribution in [3.8, 4) is 11.8 Å². The first kappa shape index (κ1) is 43.8. The summed E-state index contributed by atoms with van der Waals surface area (Å²) in [4.78, 5) is 44.9. The molecule has 16 heteroatoms. The Morgan fingerprint density at radius 1 is 0.969 bits per heavy atom. The molecule has 1 atom stereocenters. The van der Waals surface area contributed by atoms with E-state index in [0.29, 0.717) is 79.0 Å². The Labute approximate surface area is 386 Å². The lowest BCUT2D eigenvalue weighted by molar-refractivity contribution is -0.126. The summed E-state index contributed by atoms with van der Waals surface area (Å²) in [6, 6.07) is 20.1. The van der Waals surface area contributed by atoms with Gasteiger partial charge >= 0.3 is 0 Å². The molecule has 5 heterocycles. The highest BCUT2D eigenvalue weighted by molar-refractivity contribution is 14.2. The maximum absolute atomic E-state index is 14.0. The molecule has 1 aromatic heterocycles. The molecule has 3 amide bonds. The van der Waals surface area contributed by atoms with Crippen LogP contribution in [-0.4, -0.2) is 77.8 Å². The number of piperidine rings is 2. The first-order valence-corrected chi connectivity index (χ1v) is 24.8. The number of nitrogens with one attached hydrogen (secondary N) is 4. The second-order valence-corrected chi connectivity index (χ2v) is 18.1. The van der Waals surface area contributed by atoms with Crippen LogP contribution in [0, 0.1) is 29.4 Å². The molecule has 4 aliphatic heterocycles. The lowest BCUT2D eigenvalue weighted by atomic mass is 9.92. The molecule has 0 bridgehead atoms. The second kappa shape index (κ2) is 19.7. The van der Waals surface area contributed by atoms with E-state index in [1.165, 1.54) is 21.3 Å². The van der Waals surface area contributed by atoms with E-state index in [4.69, 9.17) is 8.92 Å². The van der Waals surface area contributed by atoms with Gasteiger partial charge in [0.05, 0.1) is 20.3 Å². The van der Waals surface area contributed by atoms with E-state index in [2.05, 4.69) is 55.0 Å². The molecule has 330 valence electrons. The monoisotopic (exact) mass is 997 g/mol. The number of fused-ring (bicyclic) bond motifs is 2. The molecule has 0 aliphatic carbocycles. The van der Waals surface area contributed by atoms with E-state index in [0.717, 1.165) is 78.6 Å². The van der Waals surface area contributed by atoms with Gasteiger partial charge in [-0.25, -0.2) is 8.78 Å². The molecule has 0 saturated carbocycles. The van der Waals surface area contributed by atoms with Gasteiger partial charge in [-0.3, -0.25) is 23.7 Å². The van der Waals surface area contributed by atoms with Gasteiger partial charge in [-0.1, -0.05) is 24.0 Å². The Morgan fingerprint density at radius 3 is 2.56 bits per heavy atom. The van der Waals surface area contributed by atoms with Crippen LogP contribution in [0.2, 0.25) is 0 Å². The number of rotatable bonds is 11. The van der Waals surface area contributed by atoms with Gasteiger partial charge in [-0.15, -0.1) is 0 Å². The summed E-state index contributed by atoms with van der Waals surface area (Å²) in [6.45, 7) is 3.57. The van der Waals surface area contributed by atoms with Crippen molar-refractivity contribution in [2.24, 2.45) is 5.92 Å². The summed E-state index contributed by atoms with van der Waals surface area (Å²) in [6.07, 6.45) is 7.17. The number of carbonyl (C=O) groups is 3. The maximum atomic E-state index is 14.0. The number of allylic oxidation sites excluding steroid dienone is 2. The molecule has 1 unspecified atom stereocenters. The van der Waals surface area contributed by atoms with Crippen LogP contribution >= 0.6 is 30.4 Å². The Morgan fingerprint density at radius 2 is 1.78 bits per heavy atom. The topological polar surface area (TPSA) is 141 Å². The van der Waals surface area contributed by atoms with Gasteiger partial charge in [-0.05, 0) is 128 Å². The van der Waals surface area contributed by atoms with Crippen LogP contribution in [-0.2, 0) is 26.7 Å². The van der Waals surface area contributed by atoms with Crippen LogP contribution in [0.25, 0.3) is 10.9 Å². The fourth-order valence-electron chi connectivity index (χ4n) is 9.12. The summed E-state index contributed by atoms with van der Waals surface area (Å²) in [7, 11) is 1.23. The summed E-state index contributed by atoms with van der Waals surface area (Å²) in [5, 5.41) is 17.8. The zero-order valence-electron chi connectivity index (χ0n) is 34.9. The summed E-state index contributed by atoms with van der Waals surface area (Å²) in [5.41, 5.74) is 7.47. The highest BCUT2D eigenvalue weighted by Gasteiger charge is 2.38. The summed E-state index contributed by atoms with van der Waals surface area (Å²) in [5.74, 6) is 4.83. The van der Waals surface area contributed by atoms with Crippen molar-refractivity contribution in [3.63, 3.8) is 0 Å². The highest BCUT2D eigenvalue weighted by Crippen LogP contribution is 2.34. The van der Waals surface area contributed by atoms with Gasteiger partial charge in [0.25, 0.3) is 11.8 Å². The van der Waals surface area contributed by atoms with E-state index < -0.39 is 17.7 Å². The number of halogens is 3. The lowest BCUT2D eigenvalue weighted by Crippen LogP contribution is -2.49. The van der Waals surface area contributed by atoms with Gasteiger partial charge in [0.1, 0.15) is 24.3 Å². The third-order valence-corrected chi connectivity index (χ3v) is 13.3. The first-order valence-electron chi connectivity index (χ1n) is 21.5. The van der Waals surface area contributed by atoms with Gasteiger partial charge in [0, 0.05) is 99.7 Å². The van der Waals surface area contributed by atoms with Gasteiger partial charge < -0.3 is 30.5 Å². The summed E-state index contributed by atoms with van der Waals surface area (Å²) < 4.78 is 38.6. The van der Waals surface area contributed by atoms with Crippen molar-refractivity contribution >= 4 is 76.2 Å². The Balaban J connectivity index is 0.835.